The van der Waals surface area contributed by atoms with Crippen LogP contribution in [0.4, 0.5) is 18.9 Å². The van der Waals surface area contributed by atoms with Gasteiger partial charge < -0.3 is 16.2 Å². The Labute approximate surface area is 105 Å². The number of nitrogen functional groups attached to an aromatic ring is 1. The summed E-state index contributed by atoms with van der Waals surface area (Å²) in [6.07, 6.45) is 0. The Kier molecular flexibility index (Phi) is 4.71. The molecule has 0 heterocycles. The maximum atomic E-state index is 11.8. The third-order valence-corrected chi connectivity index (χ3v) is 2.67. The van der Waals surface area contributed by atoms with E-state index in [0.29, 0.717) is 0 Å². The fourth-order valence-electron chi connectivity index (χ4n) is 1.17. The first-order valence-corrected chi connectivity index (χ1v) is 5.85. The molecule has 0 aliphatic heterocycles. The molecule has 1 rings (SSSR count). The number of hydrogen-bond acceptors (Lipinski definition) is 4. The number of benzene rings is 1. The summed E-state index contributed by atoms with van der Waals surface area (Å²) in [5.74, 6) is -1.04. The Morgan fingerprint density at radius 1 is 1.44 bits per heavy atom. The third-order valence-electron chi connectivity index (χ3n) is 1.93. The predicted octanol–water partition coefficient (Wildman–Crippen LogP) is 1.96. The molecule has 0 aliphatic rings. The molecule has 100 valence electrons. The minimum Gasteiger partial charge on any atom is -0.508 e. The minimum absolute atomic E-state index is 0.0343. The average molecular weight is 280 g/mol. The molecule has 1 aromatic rings. The molecule has 0 bridgehead atoms. The van der Waals surface area contributed by atoms with Gasteiger partial charge in [-0.15, -0.1) is 0 Å². The molecule has 1 aromatic carbocycles. The summed E-state index contributed by atoms with van der Waals surface area (Å²) < 4.78 is 35.5. The van der Waals surface area contributed by atoms with E-state index in [2.05, 4.69) is 5.32 Å². The highest BCUT2D eigenvalue weighted by molar-refractivity contribution is 8.00. The van der Waals surface area contributed by atoms with Crippen LogP contribution >= 0.6 is 11.8 Å². The van der Waals surface area contributed by atoms with E-state index in [1.54, 1.807) is 0 Å². The van der Waals surface area contributed by atoms with Crippen LogP contribution in [-0.4, -0.2) is 28.8 Å². The number of amides is 1. The molecule has 0 aromatic heterocycles. The van der Waals surface area contributed by atoms with E-state index in [1.165, 1.54) is 12.1 Å². The lowest BCUT2D eigenvalue weighted by molar-refractivity contribution is -0.0327. The number of aromatic hydroxyl groups is 1. The molecule has 0 unspecified atom stereocenters. The first-order valence-electron chi connectivity index (χ1n) is 4.87. The van der Waals surface area contributed by atoms with E-state index in [0.717, 1.165) is 6.07 Å². The number of phenols is 1. The zero-order valence-corrected chi connectivity index (χ0v) is 9.94. The van der Waals surface area contributed by atoms with E-state index in [4.69, 9.17) is 5.73 Å². The number of carbonyl (C=O) groups is 1. The summed E-state index contributed by atoms with van der Waals surface area (Å²) in [7, 11) is 0. The van der Waals surface area contributed by atoms with Crippen LogP contribution in [0.3, 0.4) is 0 Å². The second kappa shape index (κ2) is 5.85. The van der Waals surface area contributed by atoms with Gasteiger partial charge in [-0.1, -0.05) is 0 Å². The van der Waals surface area contributed by atoms with Crippen LogP contribution in [0, 0.1) is 0 Å². The maximum absolute atomic E-state index is 11.8. The van der Waals surface area contributed by atoms with Crippen molar-refractivity contribution in [3.8, 4) is 5.75 Å². The summed E-state index contributed by atoms with van der Waals surface area (Å²) in [5, 5.41) is 11.5. The third kappa shape index (κ3) is 4.74. The number of rotatable bonds is 4. The second-order valence-corrected chi connectivity index (χ2v) is 4.48. The number of anilines is 1. The van der Waals surface area contributed by atoms with Crippen LogP contribution in [0.2, 0.25) is 0 Å². The van der Waals surface area contributed by atoms with E-state index in [-0.39, 0.29) is 41.1 Å². The monoisotopic (exact) mass is 280 g/mol. The Morgan fingerprint density at radius 3 is 2.72 bits per heavy atom. The summed E-state index contributed by atoms with van der Waals surface area (Å²) in [6.45, 7) is -0.141. The van der Waals surface area contributed by atoms with E-state index < -0.39 is 11.4 Å². The van der Waals surface area contributed by atoms with Gasteiger partial charge in [-0.2, -0.15) is 13.2 Å². The molecule has 4 nitrogen and oxygen atoms in total. The number of carbonyl (C=O) groups excluding carboxylic acids is 1. The van der Waals surface area contributed by atoms with Gasteiger partial charge in [0.05, 0.1) is 5.56 Å². The van der Waals surface area contributed by atoms with Gasteiger partial charge in [0.1, 0.15) is 5.75 Å². The van der Waals surface area contributed by atoms with Crippen LogP contribution in [-0.2, 0) is 0 Å². The number of nitrogens with one attached hydrogen (secondary N) is 1. The number of phenolic OH excluding ortho intramolecular Hbond substituents is 1. The van der Waals surface area contributed by atoms with Crippen molar-refractivity contribution in [3.63, 3.8) is 0 Å². The fraction of sp³-hybridized carbons (Fsp3) is 0.300. The molecule has 18 heavy (non-hydrogen) atoms. The van der Waals surface area contributed by atoms with Crippen LogP contribution in [0.5, 0.6) is 5.75 Å². The second-order valence-electron chi connectivity index (χ2n) is 3.32. The van der Waals surface area contributed by atoms with Crippen molar-refractivity contribution in [2.45, 2.75) is 5.51 Å². The van der Waals surface area contributed by atoms with Crippen molar-refractivity contribution in [2.75, 3.05) is 18.0 Å². The number of halogens is 3. The molecular weight excluding hydrogens is 269 g/mol. The van der Waals surface area contributed by atoms with Crippen LogP contribution in [0.15, 0.2) is 18.2 Å². The van der Waals surface area contributed by atoms with Crippen molar-refractivity contribution >= 4 is 23.4 Å². The molecule has 0 saturated heterocycles. The van der Waals surface area contributed by atoms with E-state index in [1.807, 2.05) is 0 Å². The van der Waals surface area contributed by atoms with Gasteiger partial charge >= 0.3 is 5.51 Å². The molecule has 0 aliphatic carbocycles. The van der Waals surface area contributed by atoms with Crippen LogP contribution in [0.1, 0.15) is 10.4 Å². The zero-order valence-electron chi connectivity index (χ0n) is 9.12. The number of alkyl halides is 3. The van der Waals surface area contributed by atoms with E-state index in [9.17, 15) is 23.1 Å². The standard InChI is InChI=1S/C10H11F3N2O2S/c11-10(12,13)18-4-3-15-9(17)7-5-6(16)1-2-8(7)14/h1-2,5,16H,3-4,14H2,(H,15,17). The first kappa shape index (κ1) is 14.5. The average Bonchev–Trinajstić information content (AvgIpc) is 2.26. The summed E-state index contributed by atoms with van der Waals surface area (Å²) >= 11 is -0.217. The highest BCUT2D eigenvalue weighted by Gasteiger charge is 2.27. The highest BCUT2D eigenvalue weighted by Crippen LogP contribution is 2.29. The quantitative estimate of drug-likeness (QED) is 0.448. The maximum Gasteiger partial charge on any atom is 0.441 e. The summed E-state index contributed by atoms with van der Waals surface area (Å²) in [4.78, 5) is 11.5. The van der Waals surface area contributed by atoms with Crippen molar-refractivity contribution in [3.05, 3.63) is 23.8 Å². The Morgan fingerprint density at radius 2 is 2.11 bits per heavy atom. The Bertz CT molecular complexity index is 438. The fourth-order valence-corrected chi connectivity index (χ4v) is 1.60. The van der Waals surface area contributed by atoms with Crippen molar-refractivity contribution in [2.24, 2.45) is 0 Å². The smallest absolute Gasteiger partial charge is 0.441 e. The largest absolute Gasteiger partial charge is 0.508 e. The van der Waals surface area contributed by atoms with Gasteiger partial charge in [-0.3, -0.25) is 4.79 Å². The zero-order chi connectivity index (χ0) is 13.8. The Balaban J connectivity index is 2.48. The van der Waals surface area contributed by atoms with Gasteiger partial charge in [-0.05, 0) is 30.0 Å². The number of thioether (sulfide) groups is 1. The van der Waals surface area contributed by atoms with Gasteiger partial charge in [0.15, 0.2) is 0 Å². The SMILES string of the molecule is Nc1ccc(O)cc1C(=O)NCCSC(F)(F)F. The lowest BCUT2D eigenvalue weighted by atomic mass is 10.1. The van der Waals surface area contributed by atoms with Gasteiger partial charge in [-0.25, -0.2) is 0 Å². The van der Waals surface area contributed by atoms with Crippen molar-refractivity contribution in [1.82, 2.24) is 5.32 Å². The van der Waals surface area contributed by atoms with E-state index >= 15 is 0 Å². The summed E-state index contributed by atoms with van der Waals surface area (Å²) in [5.41, 5.74) is 1.38. The first-order chi connectivity index (χ1) is 8.29. The molecular formula is C10H11F3N2O2S. The molecule has 0 spiro atoms. The van der Waals surface area contributed by atoms with Crippen molar-refractivity contribution in [1.29, 1.82) is 0 Å². The number of hydrogen-bond donors (Lipinski definition) is 3. The highest BCUT2D eigenvalue weighted by atomic mass is 32.2. The normalized spacial score (nSPS) is 11.3. The molecule has 4 N–H and O–H groups in total. The molecule has 8 heteroatoms. The predicted molar refractivity (Wildman–Crippen MR) is 63.4 cm³/mol. The number of nitrogens with two attached hydrogens (primary N) is 1. The van der Waals surface area contributed by atoms with Gasteiger partial charge in [0, 0.05) is 18.0 Å². The van der Waals surface area contributed by atoms with Gasteiger partial charge in [0.25, 0.3) is 5.91 Å². The molecule has 0 fully saturated rings. The molecule has 0 atom stereocenters. The van der Waals surface area contributed by atoms with Crippen LogP contribution < -0.4 is 11.1 Å². The van der Waals surface area contributed by atoms with Crippen LogP contribution in [0.25, 0.3) is 0 Å². The molecule has 0 saturated carbocycles. The molecule has 0 radical (unpaired) electrons. The van der Waals surface area contributed by atoms with Gasteiger partial charge in [0.2, 0.25) is 0 Å². The lowest BCUT2D eigenvalue weighted by Crippen LogP contribution is -2.27. The minimum atomic E-state index is -4.31. The Hall–Kier alpha value is -1.57. The van der Waals surface area contributed by atoms with Crippen molar-refractivity contribution < 1.29 is 23.1 Å². The molecule has 1 amide bonds. The topological polar surface area (TPSA) is 75.3 Å². The summed E-state index contributed by atoms with van der Waals surface area (Å²) in [6, 6.07) is 3.81. The lowest BCUT2D eigenvalue weighted by Gasteiger charge is -2.08.